The van der Waals surface area contributed by atoms with Crippen LogP contribution in [0.25, 0.3) is 0 Å². The van der Waals surface area contributed by atoms with Crippen LogP contribution in [0.2, 0.25) is 6.82 Å². The van der Waals surface area contributed by atoms with Crippen LogP contribution < -0.4 is 10.2 Å². The second-order valence-corrected chi connectivity index (χ2v) is 4.02. The summed E-state index contributed by atoms with van der Waals surface area (Å²) in [6.07, 6.45) is 0. The zero-order chi connectivity index (χ0) is 12.1. The second-order valence-electron chi connectivity index (χ2n) is 4.02. The van der Waals surface area contributed by atoms with Crippen molar-refractivity contribution >= 4 is 12.4 Å². The van der Waals surface area contributed by atoms with Crippen LogP contribution in [-0.4, -0.2) is 11.9 Å². The molecule has 0 saturated carbocycles. The van der Waals surface area contributed by atoms with Crippen LogP contribution in [-0.2, 0) is 6.61 Å². The molecule has 2 aromatic carbocycles. The van der Waals surface area contributed by atoms with Crippen molar-refractivity contribution < 1.29 is 9.76 Å². The van der Waals surface area contributed by atoms with Gasteiger partial charge in [0.15, 0.2) is 0 Å². The summed E-state index contributed by atoms with van der Waals surface area (Å²) in [4.78, 5) is 0. The Morgan fingerprint density at radius 3 is 2.24 bits per heavy atom. The molecule has 2 aromatic rings. The van der Waals surface area contributed by atoms with E-state index in [9.17, 15) is 5.02 Å². The van der Waals surface area contributed by atoms with Gasteiger partial charge < -0.3 is 9.76 Å². The van der Waals surface area contributed by atoms with Crippen molar-refractivity contribution in [3.8, 4) is 5.75 Å². The molecule has 2 rings (SSSR count). The summed E-state index contributed by atoms with van der Waals surface area (Å²) in [7, 11) is 0. The van der Waals surface area contributed by atoms with E-state index in [0.717, 1.165) is 16.8 Å². The number of benzene rings is 2. The fourth-order valence-electron chi connectivity index (χ4n) is 1.58. The minimum absolute atomic E-state index is 0.432. The van der Waals surface area contributed by atoms with Gasteiger partial charge in [-0.1, -0.05) is 49.3 Å². The Hall–Kier alpha value is -1.74. The van der Waals surface area contributed by atoms with E-state index in [0.29, 0.717) is 6.61 Å². The minimum atomic E-state index is -0.432. The van der Waals surface area contributed by atoms with Gasteiger partial charge in [0, 0.05) is 0 Å². The molecule has 2 nitrogen and oxygen atoms in total. The highest BCUT2D eigenvalue weighted by Crippen LogP contribution is 2.10. The van der Waals surface area contributed by atoms with Gasteiger partial charge in [-0.05, 0) is 23.2 Å². The maximum absolute atomic E-state index is 9.38. The molecule has 0 fully saturated rings. The van der Waals surface area contributed by atoms with Crippen LogP contribution in [0.4, 0.5) is 0 Å². The zero-order valence-corrected chi connectivity index (χ0v) is 9.84. The Kier molecular flexibility index (Phi) is 3.83. The van der Waals surface area contributed by atoms with Gasteiger partial charge in [0.05, 0.1) is 0 Å². The maximum Gasteiger partial charge on any atom is 0.320 e. The summed E-state index contributed by atoms with van der Waals surface area (Å²) in [6.45, 7) is 1.88. The lowest BCUT2D eigenvalue weighted by Gasteiger charge is -2.07. The topological polar surface area (TPSA) is 29.5 Å². The average Bonchev–Trinajstić information content (AvgIpc) is 2.38. The van der Waals surface area contributed by atoms with E-state index in [4.69, 9.17) is 4.74 Å². The molecule has 0 unspecified atom stereocenters. The first kappa shape index (κ1) is 11.7. The van der Waals surface area contributed by atoms with Gasteiger partial charge in [0.1, 0.15) is 12.4 Å². The van der Waals surface area contributed by atoms with Crippen molar-refractivity contribution in [1.82, 2.24) is 0 Å². The molecule has 0 amide bonds. The smallest absolute Gasteiger partial charge is 0.320 e. The first-order valence-electron chi connectivity index (χ1n) is 5.70. The molecule has 1 N–H and O–H groups in total. The number of rotatable bonds is 4. The van der Waals surface area contributed by atoms with Crippen molar-refractivity contribution in [2.75, 3.05) is 0 Å². The molecular weight excluding hydrogens is 211 g/mol. The maximum atomic E-state index is 9.38. The highest BCUT2D eigenvalue weighted by Gasteiger charge is 2.05. The molecule has 0 spiro atoms. The summed E-state index contributed by atoms with van der Waals surface area (Å²) >= 11 is 0. The molecule has 17 heavy (non-hydrogen) atoms. The molecule has 0 bridgehead atoms. The highest BCUT2D eigenvalue weighted by atomic mass is 16.5. The average molecular weight is 226 g/mol. The summed E-state index contributed by atoms with van der Waals surface area (Å²) in [5.74, 6) is 0.818. The first-order chi connectivity index (χ1) is 8.25. The summed E-state index contributed by atoms with van der Waals surface area (Å²) in [5, 5.41) is 9.38. The van der Waals surface area contributed by atoms with E-state index in [-0.39, 0.29) is 0 Å². The monoisotopic (exact) mass is 226 g/mol. The summed E-state index contributed by atoms with van der Waals surface area (Å²) < 4.78 is 5.65. The van der Waals surface area contributed by atoms with E-state index < -0.39 is 6.92 Å². The predicted molar refractivity (Wildman–Crippen MR) is 70.7 cm³/mol. The molecule has 0 radical (unpaired) electrons. The number of ether oxygens (including phenoxy) is 1. The molecule has 0 atom stereocenters. The zero-order valence-electron chi connectivity index (χ0n) is 9.84. The van der Waals surface area contributed by atoms with E-state index in [1.165, 1.54) is 0 Å². The normalized spacial score (nSPS) is 10.0. The lowest BCUT2D eigenvalue weighted by molar-refractivity contribution is 0.306. The van der Waals surface area contributed by atoms with Crippen LogP contribution >= 0.6 is 0 Å². The molecular formula is C14H15BO2. The van der Waals surface area contributed by atoms with Crippen LogP contribution in [0.3, 0.4) is 0 Å². The molecule has 3 heteroatoms. The number of hydrogen-bond acceptors (Lipinski definition) is 2. The van der Waals surface area contributed by atoms with Gasteiger partial charge >= 0.3 is 6.92 Å². The second kappa shape index (κ2) is 5.55. The summed E-state index contributed by atoms with van der Waals surface area (Å²) in [6, 6.07) is 17.6. The Bertz CT molecular complexity index is 451. The Morgan fingerprint density at radius 1 is 1.00 bits per heavy atom. The van der Waals surface area contributed by atoms with Crippen molar-refractivity contribution in [2.45, 2.75) is 13.4 Å². The van der Waals surface area contributed by atoms with Crippen LogP contribution in [0.5, 0.6) is 5.75 Å². The van der Waals surface area contributed by atoms with Gasteiger partial charge in [-0.3, -0.25) is 0 Å². The van der Waals surface area contributed by atoms with Gasteiger partial charge in [-0.2, -0.15) is 0 Å². The Labute approximate surface area is 102 Å². The standard InChI is InChI=1S/C14H15BO2/c1-15(16)13-7-9-14(10-8-13)17-11-12-5-3-2-4-6-12/h2-10,16H,11H2,1H3. The van der Waals surface area contributed by atoms with Crippen molar-refractivity contribution in [2.24, 2.45) is 0 Å². The van der Waals surface area contributed by atoms with Crippen LogP contribution in [0.1, 0.15) is 5.56 Å². The molecule has 0 heterocycles. The van der Waals surface area contributed by atoms with Crippen LogP contribution in [0, 0.1) is 0 Å². The molecule has 86 valence electrons. The van der Waals surface area contributed by atoms with Crippen molar-refractivity contribution in [3.05, 3.63) is 60.2 Å². The van der Waals surface area contributed by atoms with E-state index >= 15 is 0 Å². The molecule has 0 aliphatic rings. The quantitative estimate of drug-likeness (QED) is 0.809. The van der Waals surface area contributed by atoms with Crippen molar-refractivity contribution in [3.63, 3.8) is 0 Å². The Morgan fingerprint density at radius 2 is 1.65 bits per heavy atom. The molecule has 0 aromatic heterocycles. The lowest BCUT2D eigenvalue weighted by Crippen LogP contribution is -2.25. The van der Waals surface area contributed by atoms with Gasteiger partial charge in [0.25, 0.3) is 0 Å². The number of hydrogen-bond donors (Lipinski definition) is 1. The third-order valence-corrected chi connectivity index (χ3v) is 2.61. The predicted octanol–water partition coefficient (Wildman–Crippen LogP) is 2.09. The Balaban J connectivity index is 1.96. The van der Waals surface area contributed by atoms with Crippen molar-refractivity contribution in [1.29, 1.82) is 0 Å². The van der Waals surface area contributed by atoms with E-state index in [1.807, 2.05) is 54.6 Å². The third-order valence-electron chi connectivity index (χ3n) is 2.61. The highest BCUT2D eigenvalue weighted by molar-refractivity contribution is 6.64. The first-order valence-corrected chi connectivity index (χ1v) is 5.70. The lowest BCUT2D eigenvalue weighted by atomic mass is 9.64. The van der Waals surface area contributed by atoms with Gasteiger partial charge in [0.2, 0.25) is 0 Å². The fourth-order valence-corrected chi connectivity index (χ4v) is 1.58. The van der Waals surface area contributed by atoms with E-state index in [2.05, 4.69) is 0 Å². The molecule has 0 aliphatic carbocycles. The minimum Gasteiger partial charge on any atom is -0.489 e. The largest absolute Gasteiger partial charge is 0.489 e. The molecule has 0 saturated heterocycles. The fraction of sp³-hybridized carbons (Fsp3) is 0.143. The SMILES string of the molecule is CB(O)c1ccc(OCc2ccccc2)cc1. The van der Waals surface area contributed by atoms with Gasteiger partial charge in [-0.25, -0.2) is 0 Å². The van der Waals surface area contributed by atoms with Crippen LogP contribution in [0.15, 0.2) is 54.6 Å². The third kappa shape index (κ3) is 3.36. The summed E-state index contributed by atoms with van der Waals surface area (Å²) in [5.41, 5.74) is 2.05. The molecule has 0 aliphatic heterocycles. The van der Waals surface area contributed by atoms with E-state index in [1.54, 1.807) is 6.82 Å². The van der Waals surface area contributed by atoms with Gasteiger partial charge in [-0.15, -0.1) is 0 Å².